The highest BCUT2D eigenvalue weighted by Crippen LogP contribution is 2.45. The maximum Gasteiger partial charge on any atom is 0.186 e. The molecule has 0 aliphatic heterocycles. The molecular weight excluding hydrogens is 351 g/mol. The van der Waals surface area contributed by atoms with Gasteiger partial charge in [-0.3, -0.25) is 0 Å². The third-order valence-corrected chi connectivity index (χ3v) is 4.79. The lowest BCUT2D eigenvalue weighted by molar-refractivity contribution is 0.202. The highest BCUT2D eigenvalue weighted by molar-refractivity contribution is 6.10. The molecule has 2 radical (unpaired) electrons. The number of ether oxygens (including phenoxy) is 2. The van der Waals surface area contributed by atoms with Crippen LogP contribution in [-0.4, -0.2) is 40.1 Å². The van der Waals surface area contributed by atoms with Gasteiger partial charge in [-0.25, -0.2) is 0 Å². The summed E-state index contributed by atoms with van der Waals surface area (Å²) in [5.41, 5.74) is 2.51. The predicted octanol–water partition coefficient (Wildman–Crippen LogP) is 4.54. The third-order valence-electron chi connectivity index (χ3n) is 4.62. The van der Waals surface area contributed by atoms with Crippen molar-refractivity contribution in [3.05, 3.63) is 72.8 Å². The van der Waals surface area contributed by atoms with Gasteiger partial charge in [0.15, 0.2) is 16.3 Å². The molecule has 0 saturated heterocycles. The first-order valence-corrected chi connectivity index (χ1v) is 9.75. The molecule has 0 aliphatic rings. The second-order valence-corrected chi connectivity index (χ2v) is 6.54. The Morgan fingerprint density at radius 2 is 1.19 bits per heavy atom. The monoisotopic (exact) mass is 370 g/mol. The largest absolute Gasteiger partial charge is 0.511 e. The molecule has 0 spiro atoms. The second-order valence-electron chi connectivity index (χ2n) is 6.20. The van der Waals surface area contributed by atoms with Crippen molar-refractivity contribution in [3.63, 3.8) is 0 Å². The minimum absolute atomic E-state index is 0.0310. The van der Waals surface area contributed by atoms with Gasteiger partial charge in [-0.2, -0.15) is 0 Å². The number of rotatable bonds is 6. The minimum atomic E-state index is -0.0310. The SMILES string of the molecule is OCCOc1ccc2ccccc2c1-c1c(O[CH2][Al])ccc2ccccc12. The Bertz CT molecular complexity index is 1090. The van der Waals surface area contributed by atoms with Gasteiger partial charge >= 0.3 is 0 Å². The van der Waals surface area contributed by atoms with Crippen molar-refractivity contribution in [1.29, 1.82) is 0 Å². The normalized spacial score (nSPS) is 11.0. The molecule has 27 heavy (non-hydrogen) atoms. The van der Waals surface area contributed by atoms with Gasteiger partial charge < -0.3 is 14.6 Å². The fourth-order valence-electron chi connectivity index (χ4n) is 3.50. The van der Waals surface area contributed by atoms with Gasteiger partial charge in [0.25, 0.3) is 0 Å². The zero-order chi connectivity index (χ0) is 18.6. The highest BCUT2D eigenvalue weighted by atomic mass is 27.0. The molecule has 0 aliphatic carbocycles. The molecule has 0 amide bonds. The molecule has 0 heterocycles. The topological polar surface area (TPSA) is 38.7 Å². The first-order valence-electron chi connectivity index (χ1n) is 8.94. The van der Waals surface area contributed by atoms with E-state index in [2.05, 4.69) is 46.6 Å². The third kappa shape index (κ3) is 3.40. The van der Waals surface area contributed by atoms with Crippen LogP contribution in [0.2, 0.25) is 0 Å². The molecule has 0 aromatic heterocycles. The van der Waals surface area contributed by atoms with E-state index in [9.17, 15) is 5.11 Å². The average Bonchev–Trinajstić information content (AvgIpc) is 2.72. The molecule has 0 fully saturated rings. The molecule has 132 valence electrons. The van der Waals surface area contributed by atoms with Crippen LogP contribution in [0.4, 0.5) is 0 Å². The summed E-state index contributed by atoms with van der Waals surface area (Å²) in [6.07, 6.45) is 0. The molecule has 0 unspecified atom stereocenters. The number of benzene rings is 4. The van der Waals surface area contributed by atoms with Gasteiger partial charge in [0.1, 0.15) is 18.1 Å². The van der Waals surface area contributed by atoms with E-state index in [0.717, 1.165) is 44.2 Å². The van der Waals surface area contributed by atoms with Crippen molar-refractivity contribution in [1.82, 2.24) is 0 Å². The number of aliphatic hydroxyl groups excluding tert-OH is 1. The van der Waals surface area contributed by atoms with Crippen molar-refractivity contribution in [3.8, 4) is 22.6 Å². The van der Waals surface area contributed by atoms with Crippen molar-refractivity contribution < 1.29 is 14.6 Å². The minimum Gasteiger partial charge on any atom is -0.511 e. The molecule has 4 aromatic rings. The van der Waals surface area contributed by atoms with E-state index in [0.29, 0.717) is 5.47 Å². The van der Waals surface area contributed by atoms with Crippen LogP contribution in [0.3, 0.4) is 0 Å². The Morgan fingerprint density at radius 1 is 0.667 bits per heavy atom. The summed E-state index contributed by atoms with van der Waals surface area (Å²) in [6.45, 7) is 0.215. The molecule has 0 atom stereocenters. The lowest BCUT2D eigenvalue weighted by atomic mass is 9.92. The Morgan fingerprint density at radius 3 is 1.70 bits per heavy atom. The quantitative estimate of drug-likeness (QED) is 0.507. The number of aliphatic hydroxyl groups is 1. The van der Waals surface area contributed by atoms with Crippen molar-refractivity contribution in [2.24, 2.45) is 0 Å². The van der Waals surface area contributed by atoms with E-state index in [-0.39, 0.29) is 13.2 Å². The Hall–Kier alpha value is -2.51. The molecule has 1 N–H and O–H groups in total. The van der Waals surface area contributed by atoms with E-state index in [1.165, 1.54) is 0 Å². The summed E-state index contributed by atoms with van der Waals surface area (Å²) in [4.78, 5) is 0. The molecule has 0 saturated carbocycles. The van der Waals surface area contributed by atoms with Crippen LogP contribution >= 0.6 is 0 Å². The molecule has 0 bridgehead atoms. The van der Waals surface area contributed by atoms with Gasteiger partial charge in [0.2, 0.25) is 0 Å². The van der Waals surface area contributed by atoms with Crippen LogP contribution in [0.5, 0.6) is 11.5 Å². The fourth-order valence-corrected chi connectivity index (χ4v) is 3.68. The first kappa shape index (κ1) is 17.9. The molecule has 4 rings (SSSR count). The van der Waals surface area contributed by atoms with E-state index in [1.54, 1.807) is 0 Å². The summed E-state index contributed by atoms with van der Waals surface area (Å²) < 4.78 is 11.9. The van der Waals surface area contributed by atoms with E-state index < -0.39 is 0 Å². The summed E-state index contributed by atoms with van der Waals surface area (Å²) in [5.74, 6) is 1.56. The van der Waals surface area contributed by atoms with E-state index in [4.69, 9.17) is 9.47 Å². The molecule has 3 nitrogen and oxygen atoms in total. The van der Waals surface area contributed by atoms with Gasteiger partial charge in [0.05, 0.1) is 6.61 Å². The fraction of sp³-hybridized carbons (Fsp3) is 0.130. The van der Waals surface area contributed by atoms with Crippen molar-refractivity contribution >= 4 is 37.8 Å². The predicted molar refractivity (Wildman–Crippen MR) is 111 cm³/mol. The average molecular weight is 370 g/mol. The van der Waals surface area contributed by atoms with E-state index in [1.807, 2.05) is 42.5 Å². The first-order chi connectivity index (χ1) is 13.3. The van der Waals surface area contributed by atoms with Gasteiger partial charge in [0, 0.05) is 16.6 Å². The lowest BCUT2D eigenvalue weighted by Gasteiger charge is -2.19. The van der Waals surface area contributed by atoms with Gasteiger partial charge in [-0.15, -0.1) is 0 Å². The zero-order valence-corrected chi connectivity index (χ0v) is 16.0. The number of hydrogen-bond donors (Lipinski definition) is 1. The van der Waals surface area contributed by atoms with Crippen LogP contribution in [0.15, 0.2) is 72.8 Å². The molecule has 4 aromatic carbocycles. The van der Waals surface area contributed by atoms with Crippen LogP contribution in [0, 0.1) is 0 Å². The zero-order valence-electron chi connectivity index (χ0n) is 14.9. The Balaban J connectivity index is 2.10. The standard InChI is InChI=1S/C23H19O3.Al/c1-25-20-12-10-16-6-2-4-8-18(16)22(20)23-19-9-5-3-7-17(19)11-13-21(23)26-15-14-24;/h2-13,24H,1,14-15H2;. The summed E-state index contributed by atoms with van der Waals surface area (Å²) >= 11 is 2.61. The highest BCUT2D eigenvalue weighted by Gasteiger charge is 2.18. The number of hydrogen-bond acceptors (Lipinski definition) is 3. The summed E-state index contributed by atoms with van der Waals surface area (Å²) in [5, 5.41) is 13.7. The molecule has 4 heteroatoms. The van der Waals surface area contributed by atoms with Gasteiger partial charge in [-0.05, 0) is 33.7 Å². The summed E-state index contributed by atoms with van der Waals surface area (Å²) in [6, 6.07) is 24.6. The van der Waals surface area contributed by atoms with E-state index >= 15 is 0 Å². The maximum atomic E-state index is 9.26. The van der Waals surface area contributed by atoms with Crippen molar-refractivity contribution in [2.45, 2.75) is 0 Å². The number of fused-ring (bicyclic) bond motifs is 2. The van der Waals surface area contributed by atoms with Crippen LogP contribution in [-0.2, 0) is 0 Å². The van der Waals surface area contributed by atoms with Crippen LogP contribution < -0.4 is 9.47 Å². The van der Waals surface area contributed by atoms with Gasteiger partial charge in [-0.1, -0.05) is 60.7 Å². The van der Waals surface area contributed by atoms with Crippen LogP contribution in [0.1, 0.15) is 0 Å². The van der Waals surface area contributed by atoms with Crippen LogP contribution in [0.25, 0.3) is 32.7 Å². The Labute approximate surface area is 166 Å². The summed E-state index contributed by atoms with van der Waals surface area (Å²) in [7, 11) is 0. The maximum absolute atomic E-state index is 9.26. The second kappa shape index (κ2) is 8.02. The van der Waals surface area contributed by atoms with Crippen molar-refractivity contribution in [2.75, 3.05) is 18.7 Å². The molecular formula is C23H19AlO3. The smallest absolute Gasteiger partial charge is 0.186 e. The Kier molecular flexibility index (Phi) is 5.31. The lowest BCUT2D eigenvalue weighted by Crippen LogP contribution is -2.04.